The molecule has 2 rings (SSSR count). The van der Waals surface area contributed by atoms with Gasteiger partial charge in [0.15, 0.2) is 5.78 Å². The normalized spacial score (nSPS) is 30.4. The van der Waals surface area contributed by atoms with Crippen molar-refractivity contribution in [3.8, 4) is 0 Å². The molecule has 0 bridgehead atoms. The van der Waals surface area contributed by atoms with Crippen molar-refractivity contribution in [2.75, 3.05) is 0 Å². The Kier molecular flexibility index (Phi) is 3.36. The summed E-state index contributed by atoms with van der Waals surface area (Å²) in [5.41, 5.74) is 1.03. The third-order valence-corrected chi connectivity index (χ3v) is 3.86. The van der Waals surface area contributed by atoms with Gasteiger partial charge in [-0.25, -0.2) is 0 Å². The predicted molar refractivity (Wildman–Crippen MR) is 64.0 cm³/mol. The number of ketones is 1. The molecule has 2 heteroatoms. The number of allylic oxidation sites excluding steroid dienone is 2. The van der Waals surface area contributed by atoms with E-state index in [-0.39, 0.29) is 0 Å². The molecule has 2 aliphatic rings. The highest BCUT2D eigenvalue weighted by molar-refractivity contribution is 5.97. The van der Waals surface area contributed by atoms with Crippen LogP contribution in [0.1, 0.15) is 52.9 Å². The maximum atomic E-state index is 11.9. The molecule has 0 aromatic heterocycles. The molecular weight excluding hydrogens is 200 g/mol. The van der Waals surface area contributed by atoms with Gasteiger partial charge < -0.3 is 4.74 Å². The Morgan fingerprint density at radius 2 is 2.12 bits per heavy atom. The zero-order valence-electron chi connectivity index (χ0n) is 10.6. The molecule has 2 atom stereocenters. The van der Waals surface area contributed by atoms with Gasteiger partial charge >= 0.3 is 0 Å². The molecule has 90 valence electrons. The number of Topliss-reactive ketones (excluding diaryl/α,β-unsaturated/α-hetero) is 1. The summed E-state index contributed by atoms with van der Waals surface area (Å²) in [5.74, 6) is 2.35. The molecule has 0 saturated carbocycles. The van der Waals surface area contributed by atoms with Crippen molar-refractivity contribution in [2.45, 2.75) is 59.0 Å². The second-order valence-electron chi connectivity index (χ2n) is 5.35. The molecule has 0 saturated heterocycles. The zero-order valence-corrected chi connectivity index (χ0v) is 10.6. The number of ether oxygens (including phenoxy) is 1. The van der Waals surface area contributed by atoms with Gasteiger partial charge in [-0.1, -0.05) is 20.8 Å². The molecule has 1 aliphatic heterocycles. The summed E-state index contributed by atoms with van der Waals surface area (Å²) >= 11 is 0. The Labute approximate surface area is 98.1 Å². The molecule has 0 aromatic carbocycles. The second-order valence-corrected chi connectivity index (χ2v) is 5.35. The molecule has 0 aromatic rings. The van der Waals surface area contributed by atoms with Crippen molar-refractivity contribution >= 4 is 5.78 Å². The fourth-order valence-corrected chi connectivity index (χ4v) is 2.82. The summed E-state index contributed by atoms with van der Waals surface area (Å²) in [7, 11) is 0. The molecule has 0 spiro atoms. The average molecular weight is 222 g/mol. The lowest BCUT2D eigenvalue weighted by molar-refractivity contribution is -0.118. The van der Waals surface area contributed by atoms with Crippen LogP contribution >= 0.6 is 0 Å². The van der Waals surface area contributed by atoms with Crippen LogP contribution in [0.25, 0.3) is 0 Å². The van der Waals surface area contributed by atoms with Gasteiger partial charge in [0.25, 0.3) is 0 Å². The largest absolute Gasteiger partial charge is 0.494 e. The highest BCUT2D eigenvalue weighted by Gasteiger charge is 2.35. The lowest BCUT2D eigenvalue weighted by Crippen LogP contribution is -2.33. The van der Waals surface area contributed by atoms with Crippen LogP contribution in [0.2, 0.25) is 0 Å². The van der Waals surface area contributed by atoms with Crippen LogP contribution in [0.15, 0.2) is 11.3 Å². The van der Waals surface area contributed by atoms with Gasteiger partial charge in [-0.2, -0.15) is 0 Å². The summed E-state index contributed by atoms with van der Waals surface area (Å²) in [4.78, 5) is 11.9. The van der Waals surface area contributed by atoms with Crippen LogP contribution in [0.3, 0.4) is 0 Å². The first kappa shape index (κ1) is 11.7. The highest BCUT2D eigenvalue weighted by Crippen LogP contribution is 2.39. The maximum Gasteiger partial charge on any atom is 0.162 e. The SMILES string of the molecule is CCC1CC(C(C)C)OC2=C1C(=O)CCC2. The lowest BCUT2D eigenvalue weighted by atomic mass is 9.79. The van der Waals surface area contributed by atoms with Crippen LogP contribution in [0, 0.1) is 11.8 Å². The summed E-state index contributed by atoms with van der Waals surface area (Å²) in [6, 6.07) is 0. The third kappa shape index (κ3) is 2.02. The first-order valence-corrected chi connectivity index (χ1v) is 6.56. The maximum absolute atomic E-state index is 11.9. The Bertz CT molecular complexity index is 315. The van der Waals surface area contributed by atoms with E-state index in [4.69, 9.17) is 4.74 Å². The summed E-state index contributed by atoms with van der Waals surface area (Å²) in [5, 5.41) is 0. The molecule has 0 radical (unpaired) electrons. The molecule has 1 heterocycles. The van der Waals surface area contributed by atoms with E-state index >= 15 is 0 Å². The van der Waals surface area contributed by atoms with Crippen LogP contribution in [-0.4, -0.2) is 11.9 Å². The fourth-order valence-electron chi connectivity index (χ4n) is 2.82. The minimum atomic E-state index is 0.314. The number of rotatable bonds is 2. The van der Waals surface area contributed by atoms with Crippen molar-refractivity contribution in [1.82, 2.24) is 0 Å². The van der Waals surface area contributed by atoms with Crippen molar-refractivity contribution in [3.63, 3.8) is 0 Å². The summed E-state index contributed by atoms with van der Waals surface area (Å²) in [6.45, 7) is 6.58. The van der Waals surface area contributed by atoms with Crippen molar-refractivity contribution in [2.24, 2.45) is 11.8 Å². The van der Waals surface area contributed by atoms with Gasteiger partial charge in [0.1, 0.15) is 11.9 Å². The van der Waals surface area contributed by atoms with Gasteiger partial charge in [0, 0.05) is 18.4 Å². The highest BCUT2D eigenvalue weighted by atomic mass is 16.5. The molecular formula is C14H22O2. The molecule has 16 heavy (non-hydrogen) atoms. The van der Waals surface area contributed by atoms with Gasteiger partial charge in [-0.15, -0.1) is 0 Å². The number of carbonyl (C=O) groups excluding carboxylic acids is 1. The number of carbonyl (C=O) groups is 1. The second kappa shape index (κ2) is 4.60. The van der Waals surface area contributed by atoms with E-state index < -0.39 is 0 Å². The minimum Gasteiger partial charge on any atom is -0.494 e. The molecule has 2 unspecified atom stereocenters. The summed E-state index contributed by atoms with van der Waals surface area (Å²) < 4.78 is 6.01. The lowest BCUT2D eigenvalue weighted by Gasteiger charge is -2.37. The molecule has 0 amide bonds. The standard InChI is InChI=1S/C14H22O2/c1-4-10-8-13(9(2)3)16-12-7-5-6-11(15)14(10)12/h9-10,13H,4-8H2,1-3H3. The van der Waals surface area contributed by atoms with E-state index in [0.29, 0.717) is 23.7 Å². The van der Waals surface area contributed by atoms with E-state index in [1.165, 1.54) is 0 Å². The van der Waals surface area contributed by atoms with Crippen LogP contribution in [-0.2, 0) is 9.53 Å². The van der Waals surface area contributed by atoms with Gasteiger partial charge in [-0.05, 0) is 31.1 Å². The topological polar surface area (TPSA) is 26.3 Å². The van der Waals surface area contributed by atoms with E-state index in [1.807, 2.05) is 0 Å². The van der Waals surface area contributed by atoms with Crippen LogP contribution < -0.4 is 0 Å². The Morgan fingerprint density at radius 3 is 2.75 bits per heavy atom. The van der Waals surface area contributed by atoms with E-state index in [1.54, 1.807) is 0 Å². The average Bonchev–Trinajstić information content (AvgIpc) is 2.27. The smallest absolute Gasteiger partial charge is 0.162 e. The zero-order chi connectivity index (χ0) is 11.7. The third-order valence-electron chi connectivity index (χ3n) is 3.86. The minimum absolute atomic E-state index is 0.314. The predicted octanol–water partition coefficient (Wildman–Crippen LogP) is 3.46. The number of hydrogen-bond donors (Lipinski definition) is 0. The van der Waals surface area contributed by atoms with Gasteiger partial charge in [-0.3, -0.25) is 4.79 Å². The Balaban J connectivity index is 2.27. The van der Waals surface area contributed by atoms with Crippen LogP contribution in [0.5, 0.6) is 0 Å². The number of hydrogen-bond acceptors (Lipinski definition) is 2. The first-order chi connectivity index (χ1) is 7.63. The first-order valence-electron chi connectivity index (χ1n) is 6.56. The quantitative estimate of drug-likeness (QED) is 0.715. The molecule has 0 fully saturated rings. The van der Waals surface area contributed by atoms with Crippen molar-refractivity contribution in [3.05, 3.63) is 11.3 Å². The Morgan fingerprint density at radius 1 is 1.38 bits per heavy atom. The van der Waals surface area contributed by atoms with Crippen molar-refractivity contribution < 1.29 is 9.53 Å². The van der Waals surface area contributed by atoms with Crippen LogP contribution in [0.4, 0.5) is 0 Å². The molecule has 2 nitrogen and oxygen atoms in total. The van der Waals surface area contributed by atoms with E-state index in [0.717, 1.165) is 43.4 Å². The molecule has 0 N–H and O–H groups in total. The Hall–Kier alpha value is -0.790. The monoisotopic (exact) mass is 222 g/mol. The fraction of sp³-hybridized carbons (Fsp3) is 0.786. The molecule has 1 aliphatic carbocycles. The van der Waals surface area contributed by atoms with E-state index in [9.17, 15) is 4.79 Å². The van der Waals surface area contributed by atoms with Crippen molar-refractivity contribution in [1.29, 1.82) is 0 Å². The van der Waals surface area contributed by atoms with Gasteiger partial charge in [0.2, 0.25) is 0 Å². The van der Waals surface area contributed by atoms with E-state index in [2.05, 4.69) is 20.8 Å². The van der Waals surface area contributed by atoms with Gasteiger partial charge in [0.05, 0.1) is 0 Å². The summed E-state index contributed by atoms with van der Waals surface area (Å²) in [6.07, 6.45) is 5.08.